The summed E-state index contributed by atoms with van der Waals surface area (Å²) in [5.41, 5.74) is 3.14. The van der Waals surface area contributed by atoms with E-state index in [1.807, 2.05) is 29.2 Å². The number of fused-ring (bicyclic) bond motifs is 1. The SMILES string of the molecule is O=C(c1cncn1-c1ccc(F)cc1)N1CCC[C@@H](c2nc3ccccc3[nH]2)C1. The molecule has 6 nitrogen and oxygen atoms in total. The zero-order valence-corrected chi connectivity index (χ0v) is 15.8. The van der Waals surface area contributed by atoms with Crippen LogP contribution >= 0.6 is 0 Å². The molecule has 1 amide bonds. The van der Waals surface area contributed by atoms with Gasteiger partial charge in [-0.3, -0.25) is 9.36 Å². The van der Waals surface area contributed by atoms with E-state index in [4.69, 9.17) is 4.98 Å². The Balaban J connectivity index is 1.39. The Bertz CT molecular complexity index is 1130. The zero-order chi connectivity index (χ0) is 19.8. The number of nitrogens with zero attached hydrogens (tertiary/aromatic N) is 4. The minimum absolute atomic E-state index is 0.0763. The molecule has 4 aromatic rings. The monoisotopic (exact) mass is 389 g/mol. The molecule has 0 spiro atoms. The molecule has 0 saturated carbocycles. The molecular formula is C22H20FN5O. The Morgan fingerprint density at radius 1 is 1.14 bits per heavy atom. The predicted octanol–water partition coefficient (Wildman–Crippen LogP) is 3.91. The quantitative estimate of drug-likeness (QED) is 0.578. The number of para-hydroxylation sites is 2. The van der Waals surface area contributed by atoms with Gasteiger partial charge in [0.25, 0.3) is 5.91 Å². The number of aromatic amines is 1. The third kappa shape index (κ3) is 3.29. The van der Waals surface area contributed by atoms with Crippen molar-refractivity contribution in [2.75, 3.05) is 13.1 Å². The number of H-pyrrole nitrogens is 1. The van der Waals surface area contributed by atoms with Gasteiger partial charge in [-0.05, 0) is 49.2 Å². The lowest BCUT2D eigenvalue weighted by Crippen LogP contribution is -2.40. The molecule has 0 aliphatic carbocycles. The van der Waals surface area contributed by atoms with Crippen LogP contribution in [-0.4, -0.2) is 43.4 Å². The number of halogens is 1. The van der Waals surface area contributed by atoms with Crippen molar-refractivity contribution in [2.24, 2.45) is 0 Å². The Kier molecular flexibility index (Phi) is 4.35. The molecule has 0 bridgehead atoms. The van der Waals surface area contributed by atoms with Crippen LogP contribution in [0.1, 0.15) is 35.1 Å². The molecule has 1 fully saturated rings. The van der Waals surface area contributed by atoms with E-state index in [0.29, 0.717) is 24.5 Å². The summed E-state index contributed by atoms with van der Waals surface area (Å²) in [5, 5.41) is 0. The van der Waals surface area contributed by atoms with Gasteiger partial charge in [0.1, 0.15) is 17.3 Å². The normalized spacial score (nSPS) is 17.0. The number of carbonyl (C=O) groups excluding carboxylic acids is 1. The minimum Gasteiger partial charge on any atom is -0.342 e. The number of rotatable bonds is 3. The van der Waals surface area contributed by atoms with Crippen LogP contribution in [0.15, 0.2) is 61.1 Å². The lowest BCUT2D eigenvalue weighted by molar-refractivity contribution is 0.0696. The van der Waals surface area contributed by atoms with Crippen LogP contribution in [-0.2, 0) is 0 Å². The maximum Gasteiger partial charge on any atom is 0.272 e. The van der Waals surface area contributed by atoms with Gasteiger partial charge >= 0.3 is 0 Å². The Hall–Kier alpha value is -3.48. The van der Waals surface area contributed by atoms with Crippen LogP contribution in [0, 0.1) is 5.82 Å². The van der Waals surface area contributed by atoms with Gasteiger partial charge in [0, 0.05) is 24.7 Å². The second-order valence-corrected chi connectivity index (χ2v) is 7.35. The van der Waals surface area contributed by atoms with E-state index in [2.05, 4.69) is 9.97 Å². The molecule has 0 radical (unpaired) electrons. The summed E-state index contributed by atoms with van der Waals surface area (Å²) in [4.78, 5) is 27.4. The number of piperidine rings is 1. The van der Waals surface area contributed by atoms with Crippen molar-refractivity contribution in [2.45, 2.75) is 18.8 Å². The average Bonchev–Trinajstić information content (AvgIpc) is 3.41. The average molecular weight is 389 g/mol. The van der Waals surface area contributed by atoms with Crippen molar-refractivity contribution in [3.63, 3.8) is 0 Å². The summed E-state index contributed by atoms with van der Waals surface area (Å²) in [5.74, 6) is 0.706. The molecule has 1 saturated heterocycles. The molecule has 3 heterocycles. The van der Waals surface area contributed by atoms with Crippen LogP contribution in [0.25, 0.3) is 16.7 Å². The Morgan fingerprint density at radius 3 is 2.79 bits per heavy atom. The first-order chi connectivity index (χ1) is 14.2. The lowest BCUT2D eigenvalue weighted by Gasteiger charge is -2.32. The summed E-state index contributed by atoms with van der Waals surface area (Å²) >= 11 is 0. The number of carbonyl (C=O) groups is 1. The molecule has 2 aromatic heterocycles. The maximum atomic E-state index is 13.3. The van der Waals surface area contributed by atoms with E-state index < -0.39 is 0 Å². The summed E-state index contributed by atoms with van der Waals surface area (Å²) in [7, 11) is 0. The van der Waals surface area contributed by atoms with E-state index in [1.54, 1.807) is 29.2 Å². The second-order valence-electron chi connectivity index (χ2n) is 7.35. The van der Waals surface area contributed by atoms with Crippen molar-refractivity contribution >= 4 is 16.9 Å². The highest BCUT2D eigenvalue weighted by Gasteiger charge is 2.29. The summed E-state index contributed by atoms with van der Waals surface area (Å²) in [6.45, 7) is 1.30. The Morgan fingerprint density at radius 2 is 1.97 bits per heavy atom. The second kappa shape index (κ2) is 7.16. The topological polar surface area (TPSA) is 66.8 Å². The third-order valence-corrected chi connectivity index (χ3v) is 5.47. The lowest BCUT2D eigenvalue weighted by atomic mass is 9.97. The standard InChI is InChI=1S/C22H20FN5O/c23-16-7-9-17(10-8-16)28-14-24-12-20(28)22(29)27-11-3-4-15(13-27)21-25-18-5-1-2-6-19(18)26-21/h1-2,5-10,12,14-15H,3-4,11,13H2,(H,25,26)/t15-/m1/s1. The summed E-state index contributed by atoms with van der Waals surface area (Å²) in [6.07, 6.45) is 5.05. The molecular weight excluding hydrogens is 369 g/mol. The maximum absolute atomic E-state index is 13.3. The van der Waals surface area contributed by atoms with Crippen molar-refractivity contribution < 1.29 is 9.18 Å². The smallest absolute Gasteiger partial charge is 0.272 e. The number of imidazole rings is 2. The molecule has 1 N–H and O–H groups in total. The molecule has 2 aromatic carbocycles. The third-order valence-electron chi connectivity index (χ3n) is 5.47. The highest BCUT2D eigenvalue weighted by atomic mass is 19.1. The first-order valence-electron chi connectivity index (χ1n) is 9.71. The van der Waals surface area contributed by atoms with E-state index in [1.165, 1.54) is 12.1 Å². The van der Waals surface area contributed by atoms with Gasteiger partial charge in [0.15, 0.2) is 0 Å². The number of aromatic nitrogens is 4. The van der Waals surface area contributed by atoms with Gasteiger partial charge in [-0.2, -0.15) is 0 Å². The van der Waals surface area contributed by atoms with E-state index in [-0.39, 0.29) is 17.6 Å². The Labute approximate surface area is 167 Å². The molecule has 0 unspecified atom stereocenters. The van der Waals surface area contributed by atoms with Gasteiger partial charge < -0.3 is 9.88 Å². The molecule has 1 aliphatic rings. The van der Waals surface area contributed by atoms with Crippen LogP contribution in [0.5, 0.6) is 0 Å². The van der Waals surface area contributed by atoms with E-state index >= 15 is 0 Å². The largest absolute Gasteiger partial charge is 0.342 e. The zero-order valence-electron chi connectivity index (χ0n) is 15.8. The fraction of sp³-hybridized carbons (Fsp3) is 0.227. The fourth-order valence-electron chi connectivity index (χ4n) is 3.97. The van der Waals surface area contributed by atoms with E-state index in [9.17, 15) is 9.18 Å². The highest BCUT2D eigenvalue weighted by Crippen LogP contribution is 2.28. The van der Waals surface area contributed by atoms with Crippen LogP contribution in [0.2, 0.25) is 0 Å². The molecule has 1 atom stereocenters. The number of hydrogen-bond donors (Lipinski definition) is 1. The van der Waals surface area contributed by atoms with Gasteiger partial charge in [0.05, 0.1) is 23.6 Å². The van der Waals surface area contributed by atoms with Crippen LogP contribution in [0.4, 0.5) is 4.39 Å². The first kappa shape index (κ1) is 17.6. The van der Waals surface area contributed by atoms with Crippen molar-refractivity contribution in [1.29, 1.82) is 0 Å². The van der Waals surface area contributed by atoms with Crippen molar-refractivity contribution in [3.8, 4) is 5.69 Å². The van der Waals surface area contributed by atoms with Gasteiger partial charge in [-0.25, -0.2) is 14.4 Å². The number of benzene rings is 2. The fourth-order valence-corrected chi connectivity index (χ4v) is 3.97. The van der Waals surface area contributed by atoms with Gasteiger partial charge in [-0.15, -0.1) is 0 Å². The number of nitrogens with one attached hydrogen (secondary N) is 1. The molecule has 146 valence electrons. The van der Waals surface area contributed by atoms with Gasteiger partial charge in [-0.1, -0.05) is 12.1 Å². The molecule has 29 heavy (non-hydrogen) atoms. The van der Waals surface area contributed by atoms with E-state index in [0.717, 1.165) is 29.7 Å². The van der Waals surface area contributed by atoms with Crippen molar-refractivity contribution in [3.05, 3.63) is 78.4 Å². The predicted molar refractivity (Wildman–Crippen MR) is 107 cm³/mol. The summed E-state index contributed by atoms with van der Waals surface area (Å²) < 4.78 is 15.0. The molecule has 5 rings (SSSR count). The molecule has 7 heteroatoms. The number of amides is 1. The number of hydrogen-bond acceptors (Lipinski definition) is 3. The highest BCUT2D eigenvalue weighted by molar-refractivity contribution is 5.93. The molecule has 1 aliphatic heterocycles. The van der Waals surface area contributed by atoms with Crippen molar-refractivity contribution in [1.82, 2.24) is 24.4 Å². The number of likely N-dealkylation sites (tertiary alicyclic amines) is 1. The first-order valence-corrected chi connectivity index (χ1v) is 9.71. The van der Waals surface area contributed by atoms with Crippen LogP contribution < -0.4 is 0 Å². The van der Waals surface area contributed by atoms with Gasteiger partial charge in [0.2, 0.25) is 0 Å². The van der Waals surface area contributed by atoms with Crippen LogP contribution in [0.3, 0.4) is 0 Å². The minimum atomic E-state index is -0.313. The summed E-state index contributed by atoms with van der Waals surface area (Å²) in [6, 6.07) is 14.0.